The number of nitrogens with one attached hydrogen (secondary N) is 1. The molecule has 0 aromatic heterocycles. The molecule has 3 atom stereocenters. The Kier molecular flexibility index (Phi) is 2.69. The van der Waals surface area contributed by atoms with Crippen molar-refractivity contribution in [2.45, 2.75) is 38.3 Å². The first kappa shape index (κ1) is 8.02. The van der Waals surface area contributed by atoms with Crippen LogP contribution in [0, 0.1) is 5.92 Å². The van der Waals surface area contributed by atoms with Crippen LogP contribution >= 0.6 is 0 Å². The quantitative estimate of drug-likeness (QED) is 0.566. The molecule has 1 aliphatic rings. The first-order valence-electron chi connectivity index (χ1n) is 4.15. The van der Waals surface area contributed by atoms with E-state index in [1.54, 1.807) is 0 Å². The minimum atomic E-state index is 0.432. The van der Waals surface area contributed by atoms with E-state index in [-0.39, 0.29) is 0 Å². The molecule has 0 aromatic carbocycles. The summed E-state index contributed by atoms with van der Waals surface area (Å²) in [4.78, 5) is 0. The number of hydrogen-bond donors (Lipinski definition) is 2. The lowest BCUT2D eigenvalue weighted by atomic mass is 9.84. The van der Waals surface area contributed by atoms with Gasteiger partial charge in [-0.3, -0.25) is 0 Å². The fourth-order valence-electron chi connectivity index (χ4n) is 1.89. The van der Waals surface area contributed by atoms with Crippen LogP contribution in [0.5, 0.6) is 0 Å². The zero-order valence-corrected chi connectivity index (χ0v) is 6.93. The van der Waals surface area contributed by atoms with Gasteiger partial charge in [0.2, 0.25) is 0 Å². The van der Waals surface area contributed by atoms with Gasteiger partial charge in [0.1, 0.15) is 0 Å². The molecule has 0 spiro atoms. The predicted octanol–water partition coefficient (Wildman–Crippen LogP) is 0.722. The third-order valence-corrected chi connectivity index (χ3v) is 2.39. The molecule has 60 valence electrons. The summed E-state index contributed by atoms with van der Waals surface area (Å²) in [7, 11) is 2.02. The van der Waals surface area contributed by atoms with Gasteiger partial charge in [0.25, 0.3) is 0 Å². The van der Waals surface area contributed by atoms with E-state index in [0.717, 1.165) is 12.3 Å². The highest BCUT2D eigenvalue weighted by molar-refractivity contribution is 4.82. The Hall–Kier alpha value is -0.0800. The van der Waals surface area contributed by atoms with E-state index in [9.17, 15) is 0 Å². The third kappa shape index (κ3) is 1.96. The summed E-state index contributed by atoms with van der Waals surface area (Å²) < 4.78 is 0. The molecule has 0 amide bonds. The van der Waals surface area contributed by atoms with Gasteiger partial charge in [-0.05, 0) is 32.2 Å². The van der Waals surface area contributed by atoms with Crippen LogP contribution in [-0.2, 0) is 0 Å². The normalized spacial score (nSPS) is 41.7. The van der Waals surface area contributed by atoms with Crippen LogP contribution in [0.4, 0.5) is 0 Å². The van der Waals surface area contributed by atoms with Crippen molar-refractivity contribution in [3.05, 3.63) is 0 Å². The van der Waals surface area contributed by atoms with Gasteiger partial charge in [-0.15, -0.1) is 0 Å². The van der Waals surface area contributed by atoms with E-state index in [0.29, 0.717) is 12.1 Å². The van der Waals surface area contributed by atoms with E-state index in [1.807, 2.05) is 7.05 Å². The van der Waals surface area contributed by atoms with Gasteiger partial charge in [0, 0.05) is 12.1 Å². The largest absolute Gasteiger partial charge is 0.328 e. The van der Waals surface area contributed by atoms with E-state index in [4.69, 9.17) is 5.73 Å². The Morgan fingerprint density at radius 3 is 2.50 bits per heavy atom. The second kappa shape index (κ2) is 3.35. The smallest absolute Gasteiger partial charge is 0.00813 e. The van der Waals surface area contributed by atoms with Crippen LogP contribution in [0.15, 0.2) is 0 Å². The first-order valence-corrected chi connectivity index (χ1v) is 4.15. The van der Waals surface area contributed by atoms with E-state index < -0.39 is 0 Å². The molecule has 0 aromatic rings. The molecule has 1 fully saturated rings. The standard InChI is InChI=1S/C8H18N2/c1-6-3-7(9)5-8(4-6)10-2/h6-8,10H,3-5,9H2,1-2H3. The van der Waals surface area contributed by atoms with Gasteiger partial charge in [-0.2, -0.15) is 0 Å². The Bertz CT molecular complexity index is 93.4. The average Bonchev–Trinajstić information content (AvgIpc) is 1.85. The third-order valence-electron chi connectivity index (χ3n) is 2.39. The summed E-state index contributed by atoms with van der Waals surface area (Å²) in [6.45, 7) is 2.28. The average molecular weight is 142 g/mol. The van der Waals surface area contributed by atoms with Crippen molar-refractivity contribution in [2.75, 3.05) is 7.05 Å². The van der Waals surface area contributed by atoms with Crippen LogP contribution in [0.1, 0.15) is 26.2 Å². The zero-order chi connectivity index (χ0) is 7.56. The maximum atomic E-state index is 5.85. The van der Waals surface area contributed by atoms with Gasteiger partial charge in [-0.1, -0.05) is 6.92 Å². The highest BCUT2D eigenvalue weighted by Crippen LogP contribution is 2.22. The molecule has 1 saturated carbocycles. The number of rotatable bonds is 1. The van der Waals surface area contributed by atoms with E-state index in [1.165, 1.54) is 12.8 Å². The number of hydrogen-bond acceptors (Lipinski definition) is 2. The van der Waals surface area contributed by atoms with Crippen molar-refractivity contribution in [2.24, 2.45) is 11.7 Å². The minimum absolute atomic E-state index is 0.432. The van der Waals surface area contributed by atoms with Crippen molar-refractivity contribution >= 4 is 0 Å². The van der Waals surface area contributed by atoms with Crippen molar-refractivity contribution in [1.29, 1.82) is 0 Å². The predicted molar refractivity (Wildman–Crippen MR) is 43.8 cm³/mol. The van der Waals surface area contributed by atoms with E-state index >= 15 is 0 Å². The molecule has 3 N–H and O–H groups in total. The summed E-state index contributed by atoms with van der Waals surface area (Å²) in [5.41, 5.74) is 5.85. The van der Waals surface area contributed by atoms with E-state index in [2.05, 4.69) is 12.2 Å². The van der Waals surface area contributed by atoms with Gasteiger partial charge >= 0.3 is 0 Å². The highest BCUT2D eigenvalue weighted by Gasteiger charge is 2.22. The molecule has 10 heavy (non-hydrogen) atoms. The Morgan fingerprint density at radius 2 is 2.00 bits per heavy atom. The highest BCUT2D eigenvalue weighted by atomic mass is 14.9. The van der Waals surface area contributed by atoms with Crippen molar-refractivity contribution < 1.29 is 0 Å². The van der Waals surface area contributed by atoms with Crippen molar-refractivity contribution in [3.63, 3.8) is 0 Å². The molecule has 1 rings (SSSR count). The van der Waals surface area contributed by atoms with Crippen molar-refractivity contribution in [1.82, 2.24) is 5.32 Å². The molecular formula is C8H18N2. The second-order valence-electron chi connectivity index (χ2n) is 3.56. The summed E-state index contributed by atoms with van der Waals surface area (Å²) in [5, 5.41) is 3.28. The maximum absolute atomic E-state index is 5.85. The zero-order valence-electron chi connectivity index (χ0n) is 6.93. The monoisotopic (exact) mass is 142 g/mol. The lowest BCUT2D eigenvalue weighted by molar-refractivity contribution is 0.283. The Morgan fingerprint density at radius 1 is 1.30 bits per heavy atom. The van der Waals surface area contributed by atoms with Crippen LogP contribution in [0.3, 0.4) is 0 Å². The number of nitrogens with two attached hydrogens (primary N) is 1. The maximum Gasteiger partial charge on any atom is 0.00813 e. The molecule has 0 aliphatic heterocycles. The molecular weight excluding hydrogens is 124 g/mol. The summed E-state index contributed by atoms with van der Waals surface area (Å²) >= 11 is 0. The fourth-order valence-corrected chi connectivity index (χ4v) is 1.89. The van der Waals surface area contributed by atoms with Crippen LogP contribution in [0.2, 0.25) is 0 Å². The molecule has 2 heteroatoms. The van der Waals surface area contributed by atoms with Crippen LogP contribution in [-0.4, -0.2) is 19.1 Å². The lowest BCUT2D eigenvalue weighted by Gasteiger charge is -2.30. The molecule has 0 bridgehead atoms. The molecule has 0 radical (unpaired) electrons. The second-order valence-corrected chi connectivity index (χ2v) is 3.56. The first-order chi connectivity index (χ1) is 4.72. The summed E-state index contributed by atoms with van der Waals surface area (Å²) in [6.07, 6.45) is 3.66. The van der Waals surface area contributed by atoms with Crippen LogP contribution < -0.4 is 11.1 Å². The Labute approximate surface area is 63.2 Å². The lowest BCUT2D eigenvalue weighted by Crippen LogP contribution is -2.40. The molecule has 1 aliphatic carbocycles. The van der Waals surface area contributed by atoms with Gasteiger partial charge in [0.15, 0.2) is 0 Å². The topological polar surface area (TPSA) is 38.0 Å². The van der Waals surface area contributed by atoms with Gasteiger partial charge in [-0.25, -0.2) is 0 Å². The minimum Gasteiger partial charge on any atom is -0.328 e. The molecule has 2 nitrogen and oxygen atoms in total. The molecule has 0 saturated heterocycles. The Balaban J connectivity index is 2.35. The van der Waals surface area contributed by atoms with Crippen molar-refractivity contribution in [3.8, 4) is 0 Å². The summed E-state index contributed by atoms with van der Waals surface area (Å²) in [5.74, 6) is 0.807. The SMILES string of the molecule is CNC1CC(C)CC(N)C1. The van der Waals surface area contributed by atoms with Gasteiger partial charge < -0.3 is 11.1 Å². The molecule has 0 heterocycles. The van der Waals surface area contributed by atoms with Gasteiger partial charge in [0.05, 0.1) is 0 Å². The molecule has 3 unspecified atom stereocenters. The van der Waals surface area contributed by atoms with Crippen LogP contribution in [0.25, 0.3) is 0 Å². The summed E-state index contributed by atoms with van der Waals surface area (Å²) in [6, 6.07) is 1.10. The fraction of sp³-hybridized carbons (Fsp3) is 1.00.